The molecule has 8 nitrogen and oxygen atoms in total. The maximum Gasteiger partial charge on any atom is 0.461 e. The maximum atomic E-state index is 10.5. The van der Waals surface area contributed by atoms with E-state index in [1.54, 1.807) is 12.3 Å². The molecule has 0 aromatic carbocycles. The molecule has 0 aliphatic carbocycles. The number of fused-ring (bicyclic) bond motifs is 1. The van der Waals surface area contributed by atoms with Crippen LogP contribution < -0.4 is 11.5 Å². The van der Waals surface area contributed by atoms with E-state index in [9.17, 15) is 4.79 Å². The van der Waals surface area contributed by atoms with Crippen molar-refractivity contribution in [1.29, 1.82) is 0 Å². The average Bonchev–Trinajstić information content (AvgIpc) is 2.42. The number of aromatic nitrogens is 3. The molecular formula is C6H6N4O4. The van der Waals surface area contributed by atoms with Crippen molar-refractivity contribution in [3.63, 3.8) is 0 Å². The predicted octanol–water partition coefficient (Wildman–Crippen LogP) is -0.694. The molecule has 3 N–H and O–H groups in total. The third-order valence-corrected chi connectivity index (χ3v) is 1.06. The summed E-state index contributed by atoms with van der Waals surface area (Å²) in [5.41, 5.74) is 4.03. The van der Waals surface area contributed by atoms with Crippen molar-refractivity contribution in [3.8, 4) is 0 Å². The van der Waals surface area contributed by atoms with Gasteiger partial charge >= 0.3 is 11.8 Å². The Labute approximate surface area is 76.6 Å². The average molecular weight is 198 g/mol. The van der Waals surface area contributed by atoms with Crippen molar-refractivity contribution in [2.24, 2.45) is 5.73 Å². The second-order valence-corrected chi connectivity index (χ2v) is 2.05. The molecule has 0 aliphatic rings. The fraction of sp³-hybridized carbons (Fsp3) is 0. The number of nitrogens with two attached hydrogens (primary N) is 1. The first-order valence-corrected chi connectivity index (χ1v) is 3.38. The number of rotatable bonds is 0. The van der Waals surface area contributed by atoms with Crippen LogP contribution in [0, 0.1) is 0 Å². The molecule has 74 valence electrons. The number of carboxylic acid groups (broad SMARTS) is 1. The highest BCUT2D eigenvalue weighted by molar-refractivity contribution is 5.61. The summed E-state index contributed by atoms with van der Waals surface area (Å²) in [6.07, 6.45) is 1.77. The van der Waals surface area contributed by atoms with Crippen molar-refractivity contribution >= 4 is 11.9 Å². The highest BCUT2D eigenvalue weighted by Gasteiger charge is 1.96. The van der Waals surface area contributed by atoms with Crippen LogP contribution in [0.3, 0.4) is 0 Å². The number of hydrogen-bond acceptors (Lipinski definition) is 5. The quantitative estimate of drug-likeness (QED) is 0.577. The number of carbonyl (C=O) groups is 1. The largest absolute Gasteiger partial charge is 0.465 e. The Kier molecular flexibility index (Phi) is 2.79. The first kappa shape index (κ1) is 9.71. The summed E-state index contributed by atoms with van der Waals surface area (Å²) >= 11 is 0. The summed E-state index contributed by atoms with van der Waals surface area (Å²) < 4.78 is 5.77. The van der Waals surface area contributed by atoms with Crippen LogP contribution in [-0.4, -0.2) is 25.7 Å². The second-order valence-electron chi connectivity index (χ2n) is 2.05. The topological polar surface area (TPSA) is 124 Å². The fourth-order valence-corrected chi connectivity index (χ4v) is 0.686. The molecular weight excluding hydrogens is 192 g/mol. The van der Waals surface area contributed by atoms with Gasteiger partial charge in [0.25, 0.3) is 5.78 Å². The van der Waals surface area contributed by atoms with Crippen LogP contribution in [0.2, 0.25) is 0 Å². The van der Waals surface area contributed by atoms with Crippen molar-refractivity contribution < 1.29 is 14.4 Å². The van der Waals surface area contributed by atoms with Gasteiger partial charge in [-0.1, -0.05) is 0 Å². The highest BCUT2D eigenvalue weighted by Crippen LogP contribution is 1.88. The van der Waals surface area contributed by atoms with Gasteiger partial charge in [0.1, 0.15) is 0 Å². The van der Waals surface area contributed by atoms with Crippen LogP contribution in [-0.2, 0) is 0 Å². The fourth-order valence-electron chi connectivity index (χ4n) is 0.686. The Hall–Kier alpha value is -2.38. The molecule has 0 radical (unpaired) electrons. The minimum absolute atomic E-state index is 0.285. The van der Waals surface area contributed by atoms with E-state index in [2.05, 4.69) is 20.2 Å². The van der Waals surface area contributed by atoms with Crippen LogP contribution in [0.5, 0.6) is 0 Å². The van der Waals surface area contributed by atoms with Crippen molar-refractivity contribution in [2.75, 3.05) is 0 Å². The van der Waals surface area contributed by atoms with Crippen LogP contribution in [0.15, 0.2) is 27.8 Å². The Balaban J connectivity index is 0.000000213. The van der Waals surface area contributed by atoms with Crippen LogP contribution in [0.4, 0.5) is 4.79 Å². The van der Waals surface area contributed by atoms with E-state index in [4.69, 9.17) is 9.90 Å². The monoisotopic (exact) mass is 198 g/mol. The Bertz CT molecular complexity index is 448. The number of nitrogens with zero attached hydrogens (tertiary/aromatic N) is 3. The molecule has 2 rings (SSSR count). The normalized spacial score (nSPS) is 9.14. The maximum absolute atomic E-state index is 10.5. The van der Waals surface area contributed by atoms with E-state index in [0.29, 0.717) is 0 Å². The van der Waals surface area contributed by atoms with E-state index >= 15 is 0 Å². The van der Waals surface area contributed by atoms with Gasteiger partial charge in [0, 0.05) is 6.20 Å². The number of primary amides is 1. The zero-order chi connectivity index (χ0) is 10.6. The van der Waals surface area contributed by atoms with Crippen LogP contribution in [0.1, 0.15) is 0 Å². The van der Waals surface area contributed by atoms with E-state index in [1.165, 1.54) is 10.8 Å². The predicted molar refractivity (Wildman–Crippen MR) is 43.7 cm³/mol. The molecule has 0 unspecified atom stereocenters. The van der Waals surface area contributed by atoms with E-state index < -0.39 is 11.8 Å². The summed E-state index contributed by atoms with van der Waals surface area (Å²) in [5, 5.41) is 7.19. The lowest BCUT2D eigenvalue weighted by Crippen LogP contribution is -2.03. The van der Waals surface area contributed by atoms with Gasteiger partial charge in [-0.05, 0) is 6.07 Å². The van der Waals surface area contributed by atoms with E-state index in [-0.39, 0.29) is 5.78 Å². The summed E-state index contributed by atoms with van der Waals surface area (Å²) in [7, 11) is 0. The Morgan fingerprint density at radius 2 is 2.29 bits per heavy atom. The van der Waals surface area contributed by atoms with Gasteiger partial charge in [-0.15, -0.1) is 9.56 Å². The van der Waals surface area contributed by atoms with Gasteiger partial charge < -0.3 is 15.4 Å². The van der Waals surface area contributed by atoms with Gasteiger partial charge in [0.15, 0.2) is 0 Å². The molecule has 1 amide bonds. The lowest BCUT2D eigenvalue weighted by molar-refractivity contribution is 0.205. The molecule has 0 saturated carbocycles. The van der Waals surface area contributed by atoms with Crippen molar-refractivity contribution in [1.82, 2.24) is 14.5 Å². The second kappa shape index (κ2) is 4.03. The smallest absolute Gasteiger partial charge is 0.461 e. The lowest BCUT2D eigenvalue weighted by Gasteiger charge is -1.82. The molecule has 0 saturated heterocycles. The minimum Gasteiger partial charge on any atom is -0.465 e. The van der Waals surface area contributed by atoms with E-state index in [0.717, 1.165) is 0 Å². The Morgan fingerprint density at radius 3 is 2.86 bits per heavy atom. The molecule has 0 atom stereocenters. The minimum atomic E-state index is -1.33. The third-order valence-electron chi connectivity index (χ3n) is 1.06. The molecule has 2 aromatic rings. The molecule has 8 heteroatoms. The van der Waals surface area contributed by atoms with Crippen LogP contribution in [0.25, 0.3) is 5.78 Å². The molecule has 0 spiro atoms. The first-order valence-electron chi connectivity index (χ1n) is 3.38. The molecule has 0 bridgehead atoms. The molecule has 2 aromatic heterocycles. The lowest BCUT2D eigenvalue weighted by atomic mass is 10.7. The summed E-state index contributed by atoms with van der Waals surface area (Å²) in [5.74, 6) is -0.341. The third kappa shape index (κ3) is 2.59. The van der Waals surface area contributed by atoms with Crippen LogP contribution >= 0.6 is 0 Å². The highest BCUT2D eigenvalue weighted by atomic mass is 16.5. The van der Waals surface area contributed by atoms with E-state index in [1.807, 2.05) is 0 Å². The molecule has 2 heterocycles. The Morgan fingerprint density at radius 1 is 1.64 bits per heavy atom. The van der Waals surface area contributed by atoms with Gasteiger partial charge in [-0.3, -0.25) is 0 Å². The van der Waals surface area contributed by atoms with Crippen molar-refractivity contribution in [2.45, 2.75) is 0 Å². The summed E-state index contributed by atoms with van der Waals surface area (Å²) in [6.45, 7) is 0. The van der Waals surface area contributed by atoms with Gasteiger partial charge in [-0.25, -0.2) is 14.6 Å². The zero-order valence-corrected chi connectivity index (χ0v) is 6.82. The summed E-state index contributed by atoms with van der Waals surface area (Å²) in [4.78, 5) is 26.4. The molecule has 0 fully saturated rings. The molecule has 14 heavy (non-hydrogen) atoms. The SMILES string of the molecule is NC(=O)O.O=c1nc2ncccn2o1. The van der Waals surface area contributed by atoms with Crippen molar-refractivity contribution in [3.05, 3.63) is 29.0 Å². The number of amides is 1. The first-order chi connectivity index (χ1) is 6.59. The van der Waals surface area contributed by atoms with Gasteiger partial charge in [0.05, 0.1) is 6.20 Å². The number of hydrogen-bond donors (Lipinski definition) is 2. The standard InChI is InChI=1S/C5H3N3O2.CH3NO2/c9-5-7-4-6-2-1-3-8(4)10-5;2-1(3)4/h1-3H;2H2,(H,3,4). The zero-order valence-electron chi connectivity index (χ0n) is 6.82. The van der Waals surface area contributed by atoms with Gasteiger partial charge in [0.2, 0.25) is 0 Å². The summed E-state index contributed by atoms with van der Waals surface area (Å²) in [6, 6.07) is 1.65. The van der Waals surface area contributed by atoms with Gasteiger partial charge in [-0.2, -0.15) is 0 Å². The molecule has 0 aliphatic heterocycles.